The Labute approximate surface area is 135 Å². The molecule has 0 radical (unpaired) electrons. The molecule has 1 aromatic carbocycles. The van der Waals surface area contributed by atoms with Crippen molar-refractivity contribution in [2.75, 3.05) is 20.2 Å². The van der Waals surface area contributed by atoms with Crippen molar-refractivity contribution in [1.82, 2.24) is 4.90 Å². The van der Waals surface area contributed by atoms with Crippen molar-refractivity contribution in [3.8, 4) is 5.75 Å². The minimum Gasteiger partial charge on any atom is -0.508 e. The molecule has 0 spiro atoms. The SMILES string of the molecule is COC(=O)c1c(C)oc2ccc(O)c(CN3CCC[C@H](C)C3)c12. The number of benzene rings is 1. The molecule has 0 amide bonds. The largest absolute Gasteiger partial charge is 0.508 e. The quantitative estimate of drug-likeness (QED) is 0.878. The van der Waals surface area contributed by atoms with Crippen molar-refractivity contribution in [1.29, 1.82) is 0 Å². The molecule has 0 aliphatic carbocycles. The number of phenols is 1. The molecule has 0 saturated carbocycles. The molecule has 124 valence electrons. The molecule has 5 heteroatoms. The summed E-state index contributed by atoms with van der Waals surface area (Å²) >= 11 is 0. The lowest BCUT2D eigenvalue weighted by Gasteiger charge is -2.31. The summed E-state index contributed by atoms with van der Waals surface area (Å²) in [7, 11) is 1.36. The molecule has 1 aliphatic heterocycles. The van der Waals surface area contributed by atoms with E-state index < -0.39 is 5.97 Å². The lowest BCUT2D eigenvalue weighted by Crippen LogP contribution is -2.33. The van der Waals surface area contributed by atoms with Gasteiger partial charge in [-0.3, -0.25) is 4.90 Å². The van der Waals surface area contributed by atoms with Gasteiger partial charge in [0, 0.05) is 24.0 Å². The van der Waals surface area contributed by atoms with E-state index in [4.69, 9.17) is 9.15 Å². The van der Waals surface area contributed by atoms with E-state index in [1.807, 2.05) is 0 Å². The molecule has 1 atom stereocenters. The maximum atomic E-state index is 12.1. The van der Waals surface area contributed by atoms with Crippen molar-refractivity contribution in [3.05, 3.63) is 29.0 Å². The molecular formula is C18H23NO4. The molecule has 2 heterocycles. The van der Waals surface area contributed by atoms with Crippen molar-refractivity contribution in [2.24, 2.45) is 5.92 Å². The summed E-state index contributed by atoms with van der Waals surface area (Å²) in [6.07, 6.45) is 2.40. The highest BCUT2D eigenvalue weighted by Gasteiger charge is 2.25. The maximum absolute atomic E-state index is 12.1. The van der Waals surface area contributed by atoms with E-state index in [9.17, 15) is 9.90 Å². The smallest absolute Gasteiger partial charge is 0.342 e. The predicted molar refractivity (Wildman–Crippen MR) is 87.6 cm³/mol. The summed E-state index contributed by atoms with van der Waals surface area (Å²) in [6, 6.07) is 3.33. The second-order valence-electron chi connectivity index (χ2n) is 6.44. The number of fused-ring (bicyclic) bond motifs is 1. The van der Waals surface area contributed by atoms with Gasteiger partial charge >= 0.3 is 5.97 Å². The number of likely N-dealkylation sites (tertiary alicyclic amines) is 1. The number of hydrogen-bond acceptors (Lipinski definition) is 5. The number of phenolic OH excluding ortho intramolecular Hbond substituents is 1. The molecule has 1 fully saturated rings. The maximum Gasteiger partial charge on any atom is 0.342 e. The molecule has 1 aliphatic rings. The van der Waals surface area contributed by atoms with Crippen molar-refractivity contribution < 1.29 is 19.1 Å². The van der Waals surface area contributed by atoms with E-state index in [1.54, 1.807) is 19.1 Å². The fourth-order valence-electron chi connectivity index (χ4n) is 3.53. The summed E-state index contributed by atoms with van der Waals surface area (Å²) in [5.74, 6) is 0.934. The number of hydrogen-bond donors (Lipinski definition) is 1. The fraction of sp³-hybridized carbons (Fsp3) is 0.500. The number of rotatable bonds is 3. The summed E-state index contributed by atoms with van der Waals surface area (Å²) in [6.45, 7) is 6.60. The topological polar surface area (TPSA) is 62.9 Å². The zero-order valence-electron chi connectivity index (χ0n) is 13.9. The fourth-order valence-corrected chi connectivity index (χ4v) is 3.53. The molecule has 3 rings (SSSR count). The number of aryl methyl sites for hydroxylation is 1. The monoisotopic (exact) mass is 317 g/mol. The van der Waals surface area contributed by atoms with E-state index >= 15 is 0 Å². The van der Waals surface area contributed by atoms with Gasteiger partial charge in [-0.05, 0) is 44.4 Å². The Morgan fingerprint density at radius 1 is 1.48 bits per heavy atom. The average molecular weight is 317 g/mol. The molecule has 1 saturated heterocycles. The first-order chi connectivity index (χ1) is 11.0. The van der Waals surface area contributed by atoms with E-state index in [-0.39, 0.29) is 5.75 Å². The third-order valence-corrected chi connectivity index (χ3v) is 4.63. The number of aromatic hydroxyl groups is 1. The lowest BCUT2D eigenvalue weighted by atomic mass is 9.98. The van der Waals surface area contributed by atoms with Crippen LogP contribution in [0.3, 0.4) is 0 Å². The van der Waals surface area contributed by atoms with Crippen LogP contribution in [-0.4, -0.2) is 36.2 Å². The average Bonchev–Trinajstić information content (AvgIpc) is 2.86. The Balaban J connectivity index is 2.07. The second-order valence-corrected chi connectivity index (χ2v) is 6.44. The summed E-state index contributed by atoms with van der Waals surface area (Å²) < 4.78 is 10.6. The first-order valence-corrected chi connectivity index (χ1v) is 8.06. The van der Waals surface area contributed by atoms with Gasteiger partial charge in [-0.2, -0.15) is 0 Å². The lowest BCUT2D eigenvalue weighted by molar-refractivity contribution is 0.0600. The Bertz CT molecular complexity index is 734. The number of esters is 1. The third-order valence-electron chi connectivity index (χ3n) is 4.63. The number of methoxy groups -OCH3 is 1. The van der Waals surface area contributed by atoms with E-state index in [1.165, 1.54) is 13.5 Å². The zero-order chi connectivity index (χ0) is 16.6. The van der Waals surface area contributed by atoms with Gasteiger partial charge < -0.3 is 14.3 Å². The summed E-state index contributed by atoms with van der Waals surface area (Å²) in [5, 5.41) is 11.0. The molecule has 2 aromatic rings. The predicted octanol–water partition coefficient (Wildman–Crippen LogP) is 3.47. The summed E-state index contributed by atoms with van der Waals surface area (Å²) in [4.78, 5) is 14.5. The van der Waals surface area contributed by atoms with Crippen LogP contribution in [0.15, 0.2) is 16.5 Å². The van der Waals surface area contributed by atoms with Crippen molar-refractivity contribution >= 4 is 16.9 Å². The second kappa shape index (κ2) is 6.24. The Hall–Kier alpha value is -2.01. The number of carbonyl (C=O) groups excluding carboxylic acids is 1. The van der Waals surface area contributed by atoms with Gasteiger partial charge in [0.15, 0.2) is 0 Å². The summed E-state index contributed by atoms with van der Waals surface area (Å²) in [5.41, 5.74) is 1.77. The number of nitrogens with zero attached hydrogens (tertiary/aromatic N) is 1. The zero-order valence-corrected chi connectivity index (χ0v) is 13.9. The van der Waals surface area contributed by atoms with Gasteiger partial charge in [0.05, 0.1) is 7.11 Å². The minimum absolute atomic E-state index is 0.196. The van der Waals surface area contributed by atoms with Gasteiger partial charge in [0.2, 0.25) is 0 Å². The van der Waals surface area contributed by atoms with Crippen LogP contribution >= 0.6 is 0 Å². The first-order valence-electron chi connectivity index (χ1n) is 8.06. The molecule has 5 nitrogen and oxygen atoms in total. The molecule has 0 bridgehead atoms. The molecule has 23 heavy (non-hydrogen) atoms. The van der Waals surface area contributed by atoms with Crippen LogP contribution in [0.2, 0.25) is 0 Å². The Kier molecular flexibility index (Phi) is 4.31. The van der Waals surface area contributed by atoms with Crippen LogP contribution in [0.4, 0.5) is 0 Å². The Morgan fingerprint density at radius 3 is 2.96 bits per heavy atom. The van der Waals surface area contributed by atoms with Crippen LogP contribution in [0.1, 0.15) is 41.4 Å². The molecule has 1 aromatic heterocycles. The van der Waals surface area contributed by atoms with E-state index in [0.717, 1.165) is 25.1 Å². The Morgan fingerprint density at radius 2 is 2.26 bits per heavy atom. The van der Waals surface area contributed by atoms with Crippen LogP contribution in [0.5, 0.6) is 5.75 Å². The van der Waals surface area contributed by atoms with Gasteiger partial charge in [0.25, 0.3) is 0 Å². The number of piperidine rings is 1. The number of carbonyl (C=O) groups is 1. The van der Waals surface area contributed by atoms with E-state index in [0.29, 0.717) is 34.8 Å². The number of ether oxygens (including phenoxy) is 1. The highest BCUT2D eigenvalue weighted by atomic mass is 16.5. The van der Waals surface area contributed by atoms with E-state index in [2.05, 4.69) is 11.8 Å². The molecular weight excluding hydrogens is 294 g/mol. The minimum atomic E-state index is -0.430. The highest BCUT2D eigenvalue weighted by molar-refractivity contribution is 6.06. The van der Waals surface area contributed by atoms with Gasteiger partial charge in [-0.1, -0.05) is 6.92 Å². The van der Waals surface area contributed by atoms with Crippen molar-refractivity contribution in [3.63, 3.8) is 0 Å². The van der Waals surface area contributed by atoms with Crippen LogP contribution in [0, 0.1) is 12.8 Å². The van der Waals surface area contributed by atoms with Gasteiger partial charge in [-0.25, -0.2) is 4.79 Å². The number of furan rings is 1. The van der Waals surface area contributed by atoms with Crippen LogP contribution in [0.25, 0.3) is 11.0 Å². The molecule has 1 N–H and O–H groups in total. The third kappa shape index (κ3) is 2.93. The first kappa shape index (κ1) is 15.9. The van der Waals surface area contributed by atoms with Crippen molar-refractivity contribution in [2.45, 2.75) is 33.2 Å². The van der Waals surface area contributed by atoms with Crippen LogP contribution < -0.4 is 0 Å². The van der Waals surface area contributed by atoms with Gasteiger partial charge in [-0.15, -0.1) is 0 Å². The normalized spacial score (nSPS) is 19.2. The van der Waals surface area contributed by atoms with Crippen LogP contribution in [-0.2, 0) is 11.3 Å². The standard InChI is InChI=1S/C18H23NO4/c1-11-5-4-8-19(9-11)10-13-14(20)6-7-15-17(13)16(12(2)23-15)18(21)22-3/h6-7,11,20H,4-5,8-10H2,1-3H3/t11-/m0/s1. The van der Waals surface area contributed by atoms with Gasteiger partial charge in [0.1, 0.15) is 22.7 Å². The highest BCUT2D eigenvalue weighted by Crippen LogP contribution is 2.35. The molecule has 0 unspecified atom stereocenters.